The third-order valence-electron chi connectivity index (χ3n) is 5.24. The molecular formula is C23H28ClN5O2. The zero-order chi connectivity index (χ0) is 21.1. The van der Waals surface area contributed by atoms with Crippen LogP contribution in [0.4, 0.5) is 22.0 Å². The maximum Gasteiger partial charge on any atom is 0.320 e. The predicted octanol–water partition coefficient (Wildman–Crippen LogP) is 4.55. The smallest absolute Gasteiger partial charge is 0.320 e. The first-order valence-electron chi connectivity index (χ1n) is 10.2. The van der Waals surface area contributed by atoms with Gasteiger partial charge in [0.15, 0.2) is 0 Å². The van der Waals surface area contributed by atoms with Crippen molar-refractivity contribution >= 4 is 46.4 Å². The van der Waals surface area contributed by atoms with Crippen LogP contribution in [0.25, 0.3) is 10.8 Å². The lowest BCUT2D eigenvalue weighted by Gasteiger charge is -2.28. The second-order valence-corrected chi connectivity index (χ2v) is 7.49. The van der Waals surface area contributed by atoms with Gasteiger partial charge in [0.05, 0.1) is 12.2 Å². The highest BCUT2D eigenvalue weighted by Gasteiger charge is 2.15. The molecular weight excluding hydrogens is 414 g/mol. The van der Waals surface area contributed by atoms with E-state index in [0.717, 1.165) is 45.6 Å². The quantitative estimate of drug-likeness (QED) is 0.541. The van der Waals surface area contributed by atoms with E-state index in [1.165, 1.54) is 0 Å². The zero-order valence-electron chi connectivity index (χ0n) is 18.0. The summed E-state index contributed by atoms with van der Waals surface area (Å²) in [6, 6.07) is 12.2. The molecule has 4 rings (SSSR count). The van der Waals surface area contributed by atoms with Gasteiger partial charge in [0.25, 0.3) is 0 Å². The molecule has 2 heterocycles. The lowest BCUT2D eigenvalue weighted by atomic mass is 10.1. The number of carbonyl (C=O) groups is 1. The summed E-state index contributed by atoms with van der Waals surface area (Å²) in [5.41, 5.74) is 4.44. The molecule has 0 aliphatic carbocycles. The van der Waals surface area contributed by atoms with Gasteiger partial charge in [0.1, 0.15) is 18.2 Å². The molecule has 1 aromatic heterocycles. The van der Waals surface area contributed by atoms with Crippen LogP contribution >= 0.6 is 12.4 Å². The average Bonchev–Trinajstić information content (AvgIpc) is 2.72. The fourth-order valence-electron chi connectivity index (χ4n) is 3.65. The van der Waals surface area contributed by atoms with Crippen LogP contribution in [0.2, 0.25) is 0 Å². The topological polar surface area (TPSA) is 78.5 Å². The van der Waals surface area contributed by atoms with Gasteiger partial charge in [-0.1, -0.05) is 6.07 Å². The Balaban J connectivity index is 0.00000272. The van der Waals surface area contributed by atoms with Crippen LogP contribution in [-0.4, -0.2) is 37.8 Å². The molecule has 0 atom stereocenters. The number of nitrogens with zero attached hydrogens (tertiary/aromatic N) is 2. The number of pyridine rings is 1. The molecule has 0 spiro atoms. The van der Waals surface area contributed by atoms with Gasteiger partial charge in [0, 0.05) is 37.4 Å². The van der Waals surface area contributed by atoms with Crippen molar-refractivity contribution in [1.29, 1.82) is 0 Å². The van der Waals surface area contributed by atoms with E-state index in [-0.39, 0.29) is 18.4 Å². The van der Waals surface area contributed by atoms with E-state index in [2.05, 4.69) is 70.1 Å². The number of urea groups is 1. The molecule has 8 heteroatoms. The molecule has 0 fully saturated rings. The minimum atomic E-state index is -0.254. The first-order valence-corrected chi connectivity index (χ1v) is 10.2. The molecule has 0 unspecified atom stereocenters. The van der Waals surface area contributed by atoms with Gasteiger partial charge < -0.3 is 20.3 Å². The van der Waals surface area contributed by atoms with Crippen molar-refractivity contribution in [3.8, 4) is 5.75 Å². The van der Waals surface area contributed by atoms with Gasteiger partial charge >= 0.3 is 6.03 Å². The van der Waals surface area contributed by atoms with Crippen LogP contribution in [0.1, 0.15) is 18.1 Å². The number of benzene rings is 2. The van der Waals surface area contributed by atoms with E-state index in [0.29, 0.717) is 25.5 Å². The van der Waals surface area contributed by atoms with E-state index < -0.39 is 0 Å². The number of halogens is 1. The van der Waals surface area contributed by atoms with Crippen LogP contribution in [0.5, 0.6) is 5.75 Å². The van der Waals surface area contributed by atoms with E-state index in [9.17, 15) is 4.79 Å². The number of carbonyl (C=O) groups excluding carboxylic acids is 1. The zero-order valence-corrected chi connectivity index (χ0v) is 18.8. The Hall–Kier alpha value is -3.19. The summed E-state index contributed by atoms with van der Waals surface area (Å²) in [6.45, 7) is 6.82. The molecule has 2 aromatic carbocycles. The van der Waals surface area contributed by atoms with Crippen LogP contribution < -0.4 is 25.6 Å². The number of rotatable bonds is 5. The SMILES string of the molecule is CCNC(=O)Nc1cc2cc(NCc3ccc4c(c3)OCCN4C)cc(C)c2cn1.Cl. The maximum atomic E-state index is 11.8. The summed E-state index contributed by atoms with van der Waals surface area (Å²) in [6.07, 6.45) is 1.80. The second kappa shape index (κ2) is 9.75. The van der Waals surface area contributed by atoms with Crippen LogP contribution in [0.3, 0.4) is 0 Å². The number of amides is 2. The van der Waals surface area contributed by atoms with Crippen molar-refractivity contribution in [3.05, 3.63) is 53.7 Å². The molecule has 3 N–H and O–H groups in total. The summed E-state index contributed by atoms with van der Waals surface area (Å²) in [7, 11) is 2.08. The number of fused-ring (bicyclic) bond motifs is 2. The minimum Gasteiger partial charge on any atom is -0.490 e. The van der Waals surface area contributed by atoms with Gasteiger partial charge in [0.2, 0.25) is 0 Å². The van der Waals surface area contributed by atoms with Crippen molar-refractivity contribution in [1.82, 2.24) is 10.3 Å². The Morgan fingerprint density at radius 3 is 2.87 bits per heavy atom. The Bertz CT molecular complexity index is 1090. The average molecular weight is 442 g/mol. The largest absolute Gasteiger partial charge is 0.490 e. The molecule has 2 amide bonds. The van der Waals surface area contributed by atoms with E-state index in [4.69, 9.17) is 4.74 Å². The van der Waals surface area contributed by atoms with Gasteiger partial charge in [-0.25, -0.2) is 9.78 Å². The third-order valence-corrected chi connectivity index (χ3v) is 5.24. The standard InChI is InChI=1S/C23H27N5O2.ClH/c1-4-24-23(29)27-22-12-17-11-18(9-15(2)19(17)14-26-22)25-13-16-5-6-20-21(10-16)30-8-7-28(20)3;/h5-6,9-12,14,25H,4,7-8,13H2,1-3H3,(H2,24,26,27,29);1H. The summed E-state index contributed by atoms with van der Waals surface area (Å²) < 4.78 is 5.81. The molecule has 0 bridgehead atoms. The lowest BCUT2D eigenvalue weighted by Crippen LogP contribution is -2.28. The first kappa shape index (κ1) is 22.5. The van der Waals surface area contributed by atoms with Crippen molar-refractivity contribution < 1.29 is 9.53 Å². The molecule has 1 aliphatic heterocycles. The number of anilines is 3. The number of aromatic nitrogens is 1. The number of ether oxygens (including phenoxy) is 1. The summed E-state index contributed by atoms with van der Waals surface area (Å²) >= 11 is 0. The van der Waals surface area contributed by atoms with Gasteiger partial charge in [-0.2, -0.15) is 0 Å². The van der Waals surface area contributed by atoms with E-state index >= 15 is 0 Å². The number of hydrogen-bond acceptors (Lipinski definition) is 5. The Morgan fingerprint density at radius 2 is 2.06 bits per heavy atom. The number of nitrogens with one attached hydrogen (secondary N) is 3. The molecule has 0 saturated heterocycles. The van der Waals surface area contributed by atoms with Crippen LogP contribution in [0.15, 0.2) is 42.6 Å². The monoisotopic (exact) mass is 441 g/mol. The lowest BCUT2D eigenvalue weighted by molar-refractivity contribution is 0.252. The van der Waals surface area contributed by atoms with Crippen molar-refractivity contribution in [3.63, 3.8) is 0 Å². The number of likely N-dealkylation sites (N-methyl/N-ethyl adjacent to an activating group) is 1. The summed E-state index contributed by atoms with van der Waals surface area (Å²) in [4.78, 5) is 18.3. The fourth-order valence-corrected chi connectivity index (χ4v) is 3.65. The van der Waals surface area contributed by atoms with Gasteiger partial charge in [-0.15, -0.1) is 12.4 Å². The molecule has 0 radical (unpaired) electrons. The van der Waals surface area contributed by atoms with E-state index in [1.807, 2.05) is 13.0 Å². The van der Waals surface area contributed by atoms with Crippen LogP contribution in [-0.2, 0) is 6.54 Å². The minimum absolute atomic E-state index is 0. The highest BCUT2D eigenvalue weighted by atomic mass is 35.5. The Kier molecular flexibility index (Phi) is 7.07. The number of aryl methyl sites for hydroxylation is 1. The molecule has 1 aliphatic rings. The van der Waals surface area contributed by atoms with Crippen molar-refractivity contribution in [2.45, 2.75) is 20.4 Å². The molecule has 164 valence electrons. The molecule has 3 aromatic rings. The highest BCUT2D eigenvalue weighted by Crippen LogP contribution is 2.32. The number of hydrogen-bond donors (Lipinski definition) is 3. The van der Waals surface area contributed by atoms with Gasteiger partial charge in [-0.05, 0) is 60.7 Å². The summed E-state index contributed by atoms with van der Waals surface area (Å²) in [5, 5.41) is 11.1. The normalized spacial score (nSPS) is 12.4. The van der Waals surface area contributed by atoms with Crippen molar-refractivity contribution in [2.24, 2.45) is 0 Å². The fraction of sp³-hybridized carbons (Fsp3) is 0.304. The highest BCUT2D eigenvalue weighted by molar-refractivity contribution is 5.94. The third kappa shape index (κ3) is 5.11. The summed E-state index contributed by atoms with van der Waals surface area (Å²) in [5.74, 6) is 1.46. The predicted molar refractivity (Wildman–Crippen MR) is 129 cm³/mol. The maximum absolute atomic E-state index is 11.8. The Labute approximate surface area is 188 Å². The van der Waals surface area contributed by atoms with E-state index in [1.54, 1.807) is 6.20 Å². The second-order valence-electron chi connectivity index (χ2n) is 7.49. The van der Waals surface area contributed by atoms with Crippen molar-refractivity contribution in [2.75, 3.05) is 42.3 Å². The first-order chi connectivity index (χ1) is 14.5. The molecule has 7 nitrogen and oxygen atoms in total. The molecule has 31 heavy (non-hydrogen) atoms. The Morgan fingerprint density at radius 1 is 1.23 bits per heavy atom. The molecule has 0 saturated carbocycles. The van der Waals surface area contributed by atoms with Gasteiger partial charge in [-0.3, -0.25) is 5.32 Å². The van der Waals surface area contributed by atoms with Crippen LogP contribution in [0, 0.1) is 6.92 Å².